The van der Waals surface area contributed by atoms with Gasteiger partial charge in [0.15, 0.2) is 0 Å². The van der Waals surface area contributed by atoms with Gasteiger partial charge in [0.25, 0.3) is 0 Å². The van der Waals surface area contributed by atoms with Crippen LogP contribution in [0.15, 0.2) is 12.7 Å². The molecular weight excluding hydrogens is 192 g/mol. The molecule has 4 nitrogen and oxygen atoms in total. The molecular formula is C11H20N2O2. The van der Waals surface area contributed by atoms with Crippen LogP contribution >= 0.6 is 0 Å². The maximum absolute atomic E-state index is 11.6. The summed E-state index contributed by atoms with van der Waals surface area (Å²) in [4.78, 5) is 22.3. The molecule has 0 aliphatic heterocycles. The van der Waals surface area contributed by atoms with Crippen molar-refractivity contribution in [3.05, 3.63) is 12.7 Å². The van der Waals surface area contributed by atoms with Crippen molar-refractivity contribution >= 4 is 11.8 Å². The SMILES string of the molecule is C=CCC(CC(N)=O)C(=O)NCC(C)C. The summed E-state index contributed by atoms with van der Waals surface area (Å²) in [7, 11) is 0. The van der Waals surface area contributed by atoms with Gasteiger partial charge in [0.1, 0.15) is 0 Å². The van der Waals surface area contributed by atoms with Gasteiger partial charge in [0, 0.05) is 13.0 Å². The van der Waals surface area contributed by atoms with Crippen LogP contribution in [0.1, 0.15) is 26.7 Å². The Hall–Kier alpha value is -1.32. The third-order valence-corrected chi connectivity index (χ3v) is 1.95. The molecule has 3 N–H and O–H groups in total. The van der Waals surface area contributed by atoms with Crippen molar-refractivity contribution in [1.29, 1.82) is 0 Å². The highest BCUT2D eigenvalue weighted by molar-refractivity contribution is 5.85. The van der Waals surface area contributed by atoms with Gasteiger partial charge in [-0.3, -0.25) is 9.59 Å². The average Bonchev–Trinajstić information content (AvgIpc) is 2.12. The number of carbonyl (C=O) groups is 2. The van der Waals surface area contributed by atoms with Crippen molar-refractivity contribution in [3.63, 3.8) is 0 Å². The molecule has 86 valence electrons. The highest BCUT2D eigenvalue weighted by atomic mass is 16.2. The summed E-state index contributed by atoms with van der Waals surface area (Å²) in [5, 5.41) is 2.78. The molecule has 0 spiro atoms. The second kappa shape index (κ2) is 7.04. The number of hydrogen-bond acceptors (Lipinski definition) is 2. The van der Waals surface area contributed by atoms with Gasteiger partial charge in [0.05, 0.1) is 5.92 Å². The van der Waals surface area contributed by atoms with Gasteiger partial charge in [-0.05, 0) is 12.3 Å². The summed E-state index contributed by atoms with van der Waals surface area (Å²) < 4.78 is 0. The van der Waals surface area contributed by atoms with Crippen LogP contribution in [0.25, 0.3) is 0 Å². The first-order valence-corrected chi connectivity index (χ1v) is 5.14. The molecule has 0 aliphatic rings. The highest BCUT2D eigenvalue weighted by Crippen LogP contribution is 2.09. The minimum Gasteiger partial charge on any atom is -0.370 e. The lowest BCUT2D eigenvalue weighted by atomic mass is 10.00. The molecule has 0 fully saturated rings. The average molecular weight is 212 g/mol. The van der Waals surface area contributed by atoms with Crippen molar-refractivity contribution in [3.8, 4) is 0 Å². The van der Waals surface area contributed by atoms with E-state index in [1.54, 1.807) is 6.08 Å². The maximum atomic E-state index is 11.6. The van der Waals surface area contributed by atoms with Crippen LogP contribution in [0.5, 0.6) is 0 Å². The third-order valence-electron chi connectivity index (χ3n) is 1.95. The number of nitrogens with two attached hydrogens (primary N) is 1. The lowest BCUT2D eigenvalue weighted by Gasteiger charge is -2.14. The van der Waals surface area contributed by atoms with E-state index in [0.29, 0.717) is 18.9 Å². The number of primary amides is 1. The predicted molar refractivity (Wildman–Crippen MR) is 60.0 cm³/mol. The fourth-order valence-electron chi connectivity index (χ4n) is 1.18. The van der Waals surface area contributed by atoms with E-state index in [9.17, 15) is 9.59 Å². The van der Waals surface area contributed by atoms with Gasteiger partial charge in [-0.15, -0.1) is 6.58 Å². The molecule has 0 saturated carbocycles. The zero-order valence-corrected chi connectivity index (χ0v) is 9.45. The van der Waals surface area contributed by atoms with E-state index >= 15 is 0 Å². The molecule has 0 rings (SSSR count). The smallest absolute Gasteiger partial charge is 0.223 e. The van der Waals surface area contributed by atoms with Crippen LogP contribution in [0.3, 0.4) is 0 Å². The number of hydrogen-bond donors (Lipinski definition) is 2. The van der Waals surface area contributed by atoms with E-state index in [1.165, 1.54) is 0 Å². The van der Waals surface area contributed by atoms with E-state index in [4.69, 9.17) is 5.73 Å². The Morgan fingerprint density at radius 1 is 1.47 bits per heavy atom. The largest absolute Gasteiger partial charge is 0.370 e. The molecule has 0 aromatic rings. The minimum absolute atomic E-state index is 0.0793. The van der Waals surface area contributed by atoms with Crippen LogP contribution in [-0.2, 0) is 9.59 Å². The normalized spacial score (nSPS) is 12.2. The number of carbonyl (C=O) groups excluding carboxylic acids is 2. The Balaban J connectivity index is 4.15. The van der Waals surface area contributed by atoms with Crippen molar-refractivity contribution in [2.75, 3.05) is 6.54 Å². The molecule has 15 heavy (non-hydrogen) atoms. The highest BCUT2D eigenvalue weighted by Gasteiger charge is 2.18. The first kappa shape index (κ1) is 13.7. The summed E-state index contributed by atoms with van der Waals surface area (Å²) in [6, 6.07) is 0. The van der Waals surface area contributed by atoms with E-state index in [0.717, 1.165) is 0 Å². The van der Waals surface area contributed by atoms with Gasteiger partial charge in [-0.25, -0.2) is 0 Å². The Kier molecular flexibility index (Phi) is 6.42. The van der Waals surface area contributed by atoms with Gasteiger partial charge in [-0.2, -0.15) is 0 Å². The van der Waals surface area contributed by atoms with Gasteiger partial charge < -0.3 is 11.1 Å². The molecule has 0 bridgehead atoms. The summed E-state index contributed by atoms with van der Waals surface area (Å²) in [5.74, 6) is -0.561. The first-order chi connectivity index (χ1) is 6.97. The molecule has 2 amide bonds. The monoisotopic (exact) mass is 212 g/mol. The summed E-state index contributed by atoms with van der Waals surface area (Å²) in [6.45, 7) is 8.19. The van der Waals surface area contributed by atoms with Crippen LogP contribution in [0, 0.1) is 11.8 Å². The van der Waals surface area contributed by atoms with Crippen LogP contribution in [0.4, 0.5) is 0 Å². The standard InChI is InChI=1S/C11H20N2O2/c1-4-5-9(6-10(12)14)11(15)13-7-8(2)3/h4,8-9H,1,5-7H2,2-3H3,(H2,12,14)(H,13,15). The molecule has 4 heteroatoms. The summed E-state index contributed by atoms with van der Waals surface area (Å²) in [6.07, 6.45) is 2.19. The number of amides is 2. The van der Waals surface area contributed by atoms with Crippen molar-refractivity contribution in [1.82, 2.24) is 5.32 Å². The minimum atomic E-state index is -0.457. The van der Waals surface area contributed by atoms with Crippen molar-refractivity contribution in [2.45, 2.75) is 26.7 Å². The zero-order chi connectivity index (χ0) is 11.8. The molecule has 0 heterocycles. The van der Waals surface area contributed by atoms with E-state index in [-0.39, 0.29) is 18.2 Å². The quantitative estimate of drug-likeness (QED) is 0.613. The van der Waals surface area contributed by atoms with Crippen LogP contribution in [0.2, 0.25) is 0 Å². The molecule has 0 aromatic carbocycles. The Bertz CT molecular complexity index is 237. The number of nitrogens with one attached hydrogen (secondary N) is 1. The fourth-order valence-corrected chi connectivity index (χ4v) is 1.18. The third kappa shape index (κ3) is 6.71. The van der Waals surface area contributed by atoms with E-state index < -0.39 is 5.91 Å². The van der Waals surface area contributed by atoms with E-state index in [2.05, 4.69) is 11.9 Å². The van der Waals surface area contributed by atoms with Gasteiger partial charge in [0.2, 0.25) is 11.8 Å². The van der Waals surface area contributed by atoms with E-state index in [1.807, 2.05) is 13.8 Å². The second-order valence-electron chi connectivity index (χ2n) is 4.03. The van der Waals surface area contributed by atoms with Crippen molar-refractivity contribution < 1.29 is 9.59 Å². The molecule has 0 radical (unpaired) electrons. The molecule has 0 aliphatic carbocycles. The van der Waals surface area contributed by atoms with Crippen LogP contribution < -0.4 is 11.1 Å². The Morgan fingerprint density at radius 3 is 2.47 bits per heavy atom. The predicted octanol–water partition coefficient (Wildman–Crippen LogP) is 0.826. The van der Waals surface area contributed by atoms with Gasteiger partial charge >= 0.3 is 0 Å². The maximum Gasteiger partial charge on any atom is 0.223 e. The van der Waals surface area contributed by atoms with Gasteiger partial charge in [-0.1, -0.05) is 19.9 Å². The Labute approximate surface area is 90.9 Å². The molecule has 1 atom stereocenters. The number of allylic oxidation sites excluding steroid dienone is 1. The topological polar surface area (TPSA) is 72.2 Å². The second-order valence-corrected chi connectivity index (χ2v) is 4.03. The summed E-state index contributed by atoms with van der Waals surface area (Å²) >= 11 is 0. The lowest BCUT2D eigenvalue weighted by molar-refractivity contribution is -0.129. The molecule has 1 unspecified atom stereocenters. The molecule has 0 aromatic heterocycles. The zero-order valence-electron chi connectivity index (χ0n) is 9.45. The van der Waals surface area contributed by atoms with Crippen molar-refractivity contribution in [2.24, 2.45) is 17.6 Å². The summed E-state index contributed by atoms with van der Waals surface area (Å²) in [5.41, 5.74) is 5.06. The first-order valence-electron chi connectivity index (χ1n) is 5.14. The Morgan fingerprint density at radius 2 is 2.07 bits per heavy atom. The number of rotatable bonds is 7. The lowest BCUT2D eigenvalue weighted by Crippen LogP contribution is -2.35. The fraction of sp³-hybridized carbons (Fsp3) is 0.636. The van der Waals surface area contributed by atoms with Crippen LogP contribution in [-0.4, -0.2) is 18.4 Å². The molecule has 0 saturated heterocycles.